The summed E-state index contributed by atoms with van der Waals surface area (Å²) in [7, 11) is 1.52. The summed E-state index contributed by atoms with van der Waals surface area (Å²) in [6, 6.07) is 15.8. The van der Waals surface area contributed by atoms with Crippen molar-refractivity contribution in [1.29, 1.82) is 0 Å². The fourth-order valence-corrected chi connectivity index (χ4v) is 2.65. The van der Waals surface area contributed by atoms with E-state index >= 15 is 0 Å². The van der Waals surface area contributed by atoms with E-state index in [2.05, 4.69) is 5.32 Å². The maximum atomic E-state index is 12.3. The number of methoxy groups -OCH3 is 1. The minimum Gasteiger partial charge on any atom is -0.493 e. The van der Waals surface area contributed by atoms with E-state index in [0.717, 1.165) is 5.56 Å². The monoisotopic (exact) mass is 379 g/mol. The summed E-state index contributed by atoms with van der Waals surface area (Å²) in [5.74, 6) is 1.47. The molecule has 2 aromatic carbocycles. The van der Waals surface area contributed by atoms with E-state index < -0.39 is 0 Å². The normalized spacial score (nSPS) is 10.4. The molecule has 0 bridgehead atoms. The van der Waals surface area contributed by atoms with Gasteiger partial charge in [0, 0.05) is 11.1 Å². The highest BCUT2D eigenvalue weighted by Gasteiger charge is 2.10. The summed E-state index contributed by atoms with van der Waals surface area (Å²) >= 11 is 0. The first-order valence-electron chi connectivity index (χ1n) is 8.78. The molecule has 1 heterocycles. The molecule has 6 heteroatoms. The highest BCUT2D eigenvalue weighted by molar-refractivity contribution is 5.95. The van der Waals surface area contributed by atoms with Crippen molar-refractivity contribution in [2.24, 2.45) is 0 Å². The average Bonchev–Trinajstić information content (AvgIpc) is 3.24. The van der Waals surface area contributed by atoms with Gasteiger partial charge in [-0.15, -0.1) is 0 Å². The standard InChI is InChI=1S/C22H21NO5/c1-15(24)17-8-9-20(21(12-17)26-2)28-14-16-5-3-6-18(11-16)22(25)23-13-19-7-4-10-27-19/h3-12H,13-14H2,1-2H3,(H,23,25). The largest absolute Gasteiger partial charge is 0.493 e. The van der Waals surface area contributed by atoms with E-state index in [9.17, 15) is 9.59 Å². The van der Waals surface area contributed by atoms with Crippen molar-refractivity contribution in [2.45, 2.75) is 20.1 Å². The second-order valence-corrected chi connectivity index (χ2v) is 6.17. The number of nitrogens with one attached hydrogen (secondary N) is 1. The molecule has 0 fully saturated rings. The Morgan fingerprint density at radius 3 is 2.57 bits per heavy atom. The van der Waals surface area contributed by atoms with Crippen LogP contribution < -0.4 is 14.8 Å². The first-order valence-corrected chi connectivity index (χ1v) is 8.78. The van der Waals surface area contributed by atoms with Crippen LogP contribution in [0.1, 0.15) is 39.0 Å². The first kappa shape index (κ1) is 19.2. The summed E-state index contributed by atoms with van der Waals surface area (Å²) in [5.41, 5.74) is 1.93. The van der Waals surface area contributed by atoms with Crippen LogP contribution in [0.3, 0.4) is 0 Å². The number of ketones is 1. The summed E-state index contributed by atoms with van der Waals surface area (Å²) in [6.45, 7) is 2.08. The number of furan rings is 1. The SMILES string of the molecule is COc1cc(C(C)=O)ccc1OCc1cccc(C(=O)NCc2ccco2)c1. The molecule has 0 aliphatic rings. The molecule has 6 nitrogen and oxygen atoms in total. The van der Waals surface area contributed by atoms with E-state index in [1.807, 2.05) is 6.07 Å². The Bertz CT molecular complexity index is 963. The van der Waals surface area contributed by atoms with Gasteiger partial charge in [0.05, 0.1) is 19.9 Å². The fraction of sp³-hybridized carbons (Fsp3) is 0.182. The van der Waals surface area contributed by atoms with Gasteiger partial charge in [-0.3, -0.25) is 9.59 Å². The van der Waals surface area contributed by atoms with Gasteiger partial charge in [-0.1, -0.05) is 12.1 Å². The lowest BCUT2D eigenvalue weighted by atomic mass is 10.1. The van der Waals surface area contributed by atoms with E-state index in [4.69, 9.17) is 13.9 Å². The van der Waals surface area contributed by atoms with Gasteiger partial charge in [-0.05, 0) is 55.0 Å². The maximum Gasteiger partial charge on any atom is 0.251 e. The molecule has 0 aliphatic heterocycles. The zero-order chi connectivity index (χ0) is 19.9. The second-order valence-electron chi connectivity index (χ2n) is 6.17. The topological polar surface area (TPSA) is 77.8 Å². The highest BCUT2D eigenvalue weighted by atomic mass is 16.5. The summed E-state index contributed by atoms with van der Waals surface area (Å²) in [5, 5.41) is 2.81. The van der Waals surface area contributed by atoms with Crippen LogP contribution in [0.15, 0.2) is 65.3 Å². The highest BCUT2D eigenvalue weighted by Crippen LogP contribution is 2.29. The Hall–Kier alpha value is -3.54. The van der Waals surface area contributed by atoms with Crippen LogP contribution in [-0.2, 0) is 13.2 Å². The minimum absolute atomic E-state index is 0.0434. The zero-order valence-electron chi connectivity index (χ0n) is 15.7. The Balaban J connectivity index is 1.64. The van der Waals surface area contributed by atoms with Crippen LogP contribution in [0.4, 0.5) is 0 Å². The van der Waals surface area contributed by atoms with Crippen LogP contribution in [-0.4, -0.2) is 18.8 Å². The van der Waals surface area contributed by atoms with Crippen molar-refractivity contribution < 1.29 is 23.5 Å². The molecule has 0 saturated carbocycles. The number of hydrogen-bond acceptors (Lipinski definition) is 5. The molecule has 3 aromatic rings. The van der Waals surface area contributed by atoms with Crippen LogP contribution in [0.25, 0.3) is 0 Å². The average molecular weight is 379 g/mol. The summed E-state index contributed by atoms with van der Waals surface area (Å²) in [4.78, 5) is 23.8. The molecule has 0 saturated heterocycles. The molecule has 144 valence electrons. The third-order valence-electron chi connectivity index (χ3n) is 4.16. The molecule has 0 atom stereocenters. The van der Waals surface area contributed by atoms with Gasteiger partial charge in [-0.2, -0.15) is 0 Å². The number of hydrogen-bond donors (Lipinski definition) is 1. The smallest absolute Gasteiger partial charge is 0.251 e. The lowest BCUT2D eigenvalue weighted by Crippen LogP contribution is -2.22. The molecule has 1 aromatic heterocycles. The first-order chi connectivity index (χ1) is 13.6. The van der Waals surface area contributed by atoms with Crippen molar-refractivity contribution in [3.05, 3.63) is 83.3 Å². The van der Waals surface area contributed by atoms with E-state index in [1.165, 1.54) is 14.0 Å². The number of carbonyl (C=O) groups is 2. The predicted molar refractivity (Wildman–Crippen MR) is 104 cm³/mol. The molecule has 1 amide bonds. The van der Waals surface area contributed by atoms with Gasteiger partial charge in [0.2, 0.25) is 0 Å². The summed E-state index contributed by atoms with van der Waals surface area (Å²) in [6.07, 6.45) is 1.57. The van der Waals surface area contributed by atoms with Gasteiger partial charge >= 0.3 is 0 Å². The molecule has 3 rings (SSSR count). The second kappa shape index (κ2) is 8.90. The summed E-state index contributed by atoms with van der Waals surface area (Å²) < 4.78 is 16.3. The third kappa shape index (κ3) is 4.79. The molecule has 0 radical (unpaired) electrons. The van der Waals surface area contributed by atoms with Crippen LogP contribution >= 0.6 is 0 Å². The number of benzene rings is 2. The minimum atomic E-state index is -0.193. The molecule has 0 unspecified atom stereocenters. The maximum absolute atomic E-state index is 12.3. The van der Waals surface area contributed by atoms with Gasteiger partial charge in [-0.25, -0.2) is 0 Å². The predicted octanol–water partition coefficient (Wildman–Crippen LogP) is 4.00. The number of rotatable bonds is 8. The lowest BCUT2D eigenvalue weighted by molar-refractivity contribution is 0.0947. The molecular formula is C22H21NO5. The Labute approximate surface area is 163 Å². The molecule has 0 aliphatic carbocycles. The third-order valence-corrected chi connectivity index (χ3v) is 4.16. The van der Waals surface area contributed by atoms with Crippen molar-refractivity contribution >= 4 is 11.7 Å². The molecule has 28 heavy (non-hydrogen) atoms. The van der Waals surface area contributed by atoms with Crippen LogP contribution in [0, 0.1) is 0 Å². The van der Waals surface area contributed by atoms with Gasteiger partial charge in [0.1, 0.15) is 12.4 Å². The number of Topliss-reactive ketones (excluding diaryl/α,β-unsaturated/α-hetero) is 1. The van der Waals surface area contributed by atoms with Crippen molar-refractivity contribution in [1.82, 2.24) is 5.32 Å². The van der Waals surface area contributed by atoms with Gasteiger partial charge in [0.25, 0.3) is 5.91 Å². The van der Waals surface area contributed by atoms with E-state index in [1.54, 1.807) is 54.8 Å². The van der Waals surface area contributed by atoms with Crippen LogP contribution in [0.5, 0.6) is 11.5 Å². The van der Waals surface area contributed by atoms with E-state index in [-0.39, 0.29) is 18.3 Å². The molecule has 0 spiro atoms. The van der Waals surface area contributed by atoms with Gasteiger partial charge < -0.3 is 19.2 Å². The van der Waals surface area contributed by atoms with Crippen molar-refractivity contribution in [3.63, 3.8) is 0 Å². The van der Waals surface area contributed by atoms with Crippen LogP contribution in [0.2, 0.25) is 0 Å². The fourth-order valence-electron chi connectivity index (χ4n) is 2.65. The number of carbonyl (C=O) groups excluding carboxylic acids is 2. The molecular weight excluding hydrogens is 358 g/mol. The van der Waals surface area contributed by atoms with Gasteiger partial charge in [0.15, 0.2) is 17.3 Å². The van der Waals surface area contributed by atoms with Crippen molar-refractivity contribution in [2.75, 3.05) is 7.11 Å². The number of amides is 1. The van der Waals surface area contributed by atoms with Crippen molar-refractivity contribution in [3.8, 4) is 11.5 Å². The lowest BCUT2D eigenvalue weighted by Gasteiger charge is -2.12. The van der Waals surface area contributed by atoms with E-state index in [0.29, 0.717) is 34.9 Å². The quantitative estimate of drug-likeness (QED) is 0.599. The Morgan fingerprint density at radius 2 is 1.86 bits per heavy atom. The zero-order valence-corrected chi connectivity index (χ0v) is 15.7. The Morgan fingerprint density at radius 1 is 1.00 bits per heavy atom. The number of ether oxygens (including phenoxy) is 2. The molecule has 1 N–H and O–H groups in total. The Kier molecular flexibility index (Phi) is 6.11.